The van der Waals surface area contributed by atoms with Crippen molar-refractivity contribution in [2.75, 3.05) is 42.6 Å². The van der Waals surface area contributed by atoms with Crippen LogP contribution in [0.5, 0.6) is 0 Å². The number of hydrogen-bond acceptors (Lipinski definition) is 7. The van der Waals surface area contributed by atoms with Crippen LogP contribution in [0.25, 0.3) is 0 Å². The number of para-hydroxylation sites is 1. The number of piperazine rings is 1. The number of anilines is 3. The molecule has 0 aromatic heterocycles. The molecule has 0 radical (unpaired) electrons. The van der Waals surface area contributed by atoms with Crippen LogP contribution in [-0.2, 0) is 31.3 Å². The Bertz CT molecular complexity index is 1600. The number of benzene rings is 3. The van der Waals surface area contributed by atoms with Crippen molar-refractivity contribution in [3.63, 3.8) is 0 Å². The van der Waals surface area contributed by atoms with Crippen molar-refractivity contribution in [3.8, 4) is 0 Å². The van der Waals surface area contributed by atoms with Crippen molar-refractivity contribution in [2.24, 2.45) is 5.92 Å². The summed E-state index contributed by atoms with van der Waals surface area (Å²) in [4.78, 5) is 58.3. The van der Waals surface area contributed by atoms with Gasteiger partial charge in [0.1, 0.15) is 0 Å². The van der Waals surface area contributed by atoms with Crippen LogP contribution >= 0.6 is 0 Å². The summed E-state index contributed by atoms with van der Waals surface area (Å²) in [5.41, 5.74) is 1.64. The molecule has 6 rings (SSSR count). The third-order valence-corrected chi connectivity index (χ3v) is 12.1. The maximum atomic E-state index is 14.8. The number of aliphatic hydroxyl groups excluding tert-OH is 1. The molecular formula is C35H42N4O6Si. The normalized spacial score (nSPS) is 24.5. The zero-order valence-corrected chi connectivity index (χ0v) is 27.6. The number of rotatable bonds is 9. The van der Waals surface area contributed by atoms with E-state index < -0.39 is 31.5 Å². The molecule has 0 aliphatic carbocycles. The van der Waals surface area contributed by atoms with Crippen molar-refractivity contribution >= 4 is 43.1 Å². The van der Waals surface area contributed by atoms with Gasteiger partial charge in [0, 0.05) is 54.6 Å². The van der Waals surface area contributed by atoms with Gasteiger partial charge in [0.2, 0.25) is 11.8 Å². The summed E-state index contributed by atoms with van der Waals surface area (Å²) in [6.45, 7) is 7.25. The van der Waals surface area contributed by atoms with Crippen LogP contribution in [0.15, 0.2) is 78.9 Å². The summed E-state index contributed by atoms with van der Waals surface area (Å²) in [5.74, 6) is -1.04. The van der Waals surface area contributed by atoms with E-state index in [4.69, 9.17) is 4.74 Å². The second kappa shape index (κ2) is 12.7. The first-order valence-electron chi connectivity index (χ1n) is 15.9. The molecule has 46 heavy (non-hydrogen) atoms. The zero-order valence-electron chi connectivity index (χ0n) is 26.6. The lowest BCUT2D eigenvalue weighted by molar-refractivity contribution is -0.149. The van der Waals surface area contributed by atoms with Gasteiger partial charge < -0.3 is 29.8 Å². The maximum Gasteiger partial charge on any atom is 0.268 e. The van der Waals surface area contributed by atoms with E-state index in [0.717, 1.165) is 5.56 Å². The van der Waals surface area contributed by atoms with Gasteiger partial charge in [-0.3, -0.25) is 19.3 Å². The number of amides is 3. The first-order valence-corrected chi connectivity index (χ1v) is 19.0. The van der Waals surface area contributed by atoms with Crippen LogP contribution in [0.4, 0.5) is 17.1 Å². The fourth-order valence-electron chi connectivity index (χ4n) is 7.59. The molecule has 11 heteroatoms. The molecule has 3 aliphatic rings. The summed E-state index contributed by atoms with van der Waals surface area (Å²) in [6, 6.07) is 24.6. The van der Waals surface area contributed by atoms with E-state index in [1.165, 1.54) is 0 Å². The fraction of sp³-hybridized carbons (Fsp3) is 0.400. The lowest BCUT2D eigenvalue weighted by Crippen LogP contribution is -2.48. The third kappa shape index (κ3) is 5.67. The predicted molar refractivity (Wildman–Crippen MR) is 178 cm³/mol. The molecule has 2 fully saturated rings. The van der Waals surface area contributed by atoms with E-state index >= 15 is 0 Å². The molecule has 3 aliphatic heterocycles. The van der Waals surface area contributed by atoms with Gasteiger partial charge in [-0.25, -0.2) is 0 Å². The number of fused-ring (bicyclic) bond motifs is 2. The minimum atomic E-state index is -3.04. The van der Waals surface area contributed by atoms with Crippen LogP contribution in [0.2, 0.25) is 18.6 Å². The van der Waals surface area contributed by atoms with E-state index in [-0.39, 0.29) is 43.8 Å². The van der Waals surface area contributed by atoms with Gasteiger partial charge in [-0.1, -0.05) is 55.5 Å². The number of nitrogens with zero attached hydrogens (tertiary/aromatic N) is 3. The van der Waals surface area contributed by atoms with Crippen molar-refractivity contribution < 1.29 is 29.0 Å². The Kier molecular flexibility index (Phi) is 8.88. The summed E-state index contributed by atoms with van der Waals surface area (Å²) >= 11 is 0. The average molecular weight is 643 g/mol. The molecule has 0 bridgehead atoms. The SMILES string of the molecule is C[C@H]1[C@H]([Si](C)(C)O)[C@@H](CC(=O)N(CCO)Cc2ccccc2)O[C@]12C(=O)N(c1ccccc1)c1ccc(N3CCNCC3=O)cc12. The molecule has 10 nitrogen and oxygen atoms in total. The number of nitrogens with one attached hydrogen (secondary N) is 1. The van der Waals surface area contributed by atoms with E-state index in [2.05, 4.69) is 5.32 Å². The summed E-state index contributed by atoms with van der Waals surface area (Å²) in [6.07, 6.45) is -0.798. The fourth-order valence-corrected chi connectivity index (χ4v) is 10.1. The third-order valence-electron chi connectivity index (χ3n) is 9.61. The quantitative estimate of drug-likeness (QED) is 0.306. The van der Waals surface area contributed by atoms with Crippen molar-refractivity contribution in [3.05, 3.63) is 90.0 Å². The van der Waals surface area contributed by atoms with Crippen LogP contribution in [0, 0.1) is 5.92 Å². The Hall–Kier alpha value is -3.87. The minimum absolute atomic E-state index is 0.0511. The van der Waals surface area contributed by atoms with Crippen LogP contribution in [0.3, 0.4) is 0 Å². The molecule has 4 atom stereocenters. The molecule has 3 aromatic carbocycles. The molecule has 3 aromatic rings. The Morgan fingerprint density at radius 1 is 1.04 bits per heavy atom. The Labute approximate surface area is 270 Å². The molecule has 0 unspecified atom stereocenters. The highest BCUT2D eigenvalue weighted by Crippen LogP contribution is 2.61. The van der Waals surface area contributed by atoms with Gasteiger partial charge in [-0.2, -0.15) is 0 Å². The minimum Gasteiger partial charge on any atom is -0.432 e. The van der Waals surface area contributed by atoms with E-state index in [9.17, 15) is 24.3 Å². The second-order valence-electron chi connectivity index (χ2n) is 13.0. The van der Waals surface area contributed by atoms with Gasteiger partial charge in [0.05, 0.1) is 31.4 Å². The number of aliphatic hydroxyl groups is 1. The first-order chi connectivity index (χ1) is 22.1. The van der Waals surface area contributed by atoms with Crippen LogP contribution in [-0.4, -0.2) is 79.7 Å². The molecular weight excluding hydrogens is 600 g/mol. The number of carbonyl (C=O) groups is 3. The van der Waals surface area contributed by atoms with E-state index in [0.29, 0.717) is 42.3 Å². The van der Waals surface area contributed by atoms with Gasteiger partial charge in [-0.15, -0.1) is 0 Å². The molecule has 1 spiro atoms. The second-order valence-corrected chi connectivity index (χ2v) is 17.0. The maximum absolute atomic E-state index is 14.8. The largest absolute Gasteiger partial charge is 0.432 e. The van der Waals surface area contributed by atoms with Gasteiger partial charge in [0.25, 0.3) is 5.91 Å². The molecule has 242 valence electrons. The van der Waals surface area contributed by atoms with Gasteiger partial charge >= 0.3 is 0 Å². The molecule has 3 heterocycles. The standard InChI is InChI=1S/C35H42N4O6Si/c1-24-33(46(2,3)44)30(21-31(41)37(18-19-40)23-25-10-6-4-7-11-25)45-35(24)28-20-27(38-17-16-36-22-32(38)42)14-15-29(28)39(34(35)43)26-12-8-5-9-13-26/h4-15,20,24,30,33,36,40,44H,16-19,21-23H2,1-3H3/t24-,30+,33-,35+/m0/s1. The van der Waals surface area contributed by atoms with Gasteiger partial charge in [0.15, 0.2) is 13.9 Å². The average Bonchev–Trinajstić information content (AvgIpc) is 3.47. The summed E-state index contributed by atoms with van der Waals surface area (Å²) < 4.78 is 6.93. The summed E-state index contributed by atoms with van der Waals surface area (Å²) in [5, 5.41) is 12.9. The van der Waals surface area contributed by atoms with Crippen LogP contribution in [0.1, 0.15) is 24.5 Å². The highest BCUT2D eigenvalue weighted by atomic mass is 28.4. The highest BCUT2D eigenvalue weighted by molar-refractivity contribution is 6.71. The topological polar surface area (TPSA) is 123 Å². The monoisotopic (exact) mass is 642 g/mol. The Morgan fingerprint density at radius 3 is 2.39 bits per heavy atom. The number of ether oxygens (including phenoxy) is 1. The van der Waals surface area contributed by atoms with Crippen molar-refractivity contribution in [2.45, 2.75) is 50.2 Å². The smallest absolute Gasteiger partial charge is 0.268 e. The lowest BCUT2D eigenvalue weighted by Gasteiger charge is -2.33. The number of carbonyl (C=O) groups excluding carboxylic acids is 3. The first kappa shape index (κ1) is 32.1. The van der Waals surface area contributed by atoms with Crippen molar-refractivity contribution in [1.82, 2.24) is 10.2 Å². The van der Waals surface area contributed by atoms with E-state index in [1.54, 1.807) is 14.7 Å². The Morgan fingerprint density at radius 2 is 1.74 bits per heavy atom. The van der Waals surface area contributed by atoms with Gasteiger partial charge in [-0.05, 0) is 49.0 Å². The Balaban J connectivity index is 1.42. The molecule has 2 saturated heterocycles. The molecule has 3 N–H and O–H groups in total. The highest BCUT2D eigenvalue weighted by Gasteiger charge is 2.66. The van der Waals surface area contributed by atoms with Crippen molar-refractivity contribution in [1.29, 1.82) is 0 Å². The number of hydrogen-bond donors (Lipinski definition) is 3. The molecule has 0 saturated carbocycles. The van der Waals surface area contributed by atoms with E-state index in [1.807, 2.05) is 98.9 Å². The predicted octanol–water partition coefficient (Wildman–Crippen LogP) is 3.51. The molecule has 3 amide bonds. The summed E-state index contributed by atoms with van der Waals surface area (Å²) in [7, 11) is -3.04. The lowest BCUT2D eigenvalue weighted by atomic mass is 9.82. The van der Waals surface area contributed by atoms with Crippen LogP contribution < -0.4 is 15.1 Å². The zero-order chi connectivity index (χ0) is 32.6.